The molecule has 0 saturated carbocycles. The van der Waals surface area contributed by atoms with Crippen LogP contribution >= 0.6 is 11.6 Å². The second kappa shape index (κ2) is 8.92. The van der Waals surface area contributed by atoms with Gasteiger partial charge in [0.25, 0.3) is 5.56 Å². The predicted molar refractivity (Wildman–Crippen MR) is 113 cm³/mol. The summed E-state index contributed by atoms with van der Waals surface area (Å²) in [6.45, 7) is 5.28. The van der Waals surface area contributed by atoms with Crippen molar-refractivity contribution in [2.45, 2.75) is 19.8 Å². The van der Waals surface area contributed by atoms with Gasteiger partial charge in [-0.25, -0.2) is 18.8 Å². The minimum Gasteiger partial charge on any atom is -0.268 e. The van der Waals surface area contributed by atoms with Crippen LogP contribution in [0.1, 0.15) is 23.9 Å². The Kier molecular flexibility index (Phi) is 6.34. The van der Waals surface area contributed by atoms with Gasteiger partial charge in [0.05, 0.1) is 11.3 Å². The van der Waals surface area contributed by atoms with Gasteiger partial charge in [0.15, 0.2) is 5.82 Å². The largest absolute Gasteiger partial charge is 0.268 e. The Balaban J connectivity index is 2.13. The van der Waals surface area contributed by atoms with Crippen LogP contribution in [-0.4, -0.2) is 16.3 Å². The van der Waals surface area contributed by atoms with E-state index in [0.717, 1.165) is 6.07 Å². The molecule has 0 N–H and O–H groups in total. The number of aryl methyl sites for hydroxylation is 2. The van der Waals surface area contributed by atoms with Gasteiger partial charge in [-0.15, -0.1) is 0 Å². The van der Waals surface area contributed by atoms with Crippen molar-refractivity contribution in [3.05, 3.63) is 92.5 Å². The summed E-state index contributed by atoms with van der Waals surface area (Å²) in [5, 5.41) is 0.532. The summed E-state index contributed by atoms with van der Waals surface area (Å²) in [5.41, 5.74) is 1.03. The summed E-state index contributed by atoms with van der Waals surface area (Å²) in [6.07, 6.45) is 3.89. The van der Waals surface area contributed by atoms with E-state index in [-0.39, 0.29) is 24.2 Å². The van der Waals surface area contributed by atoms with Crippen molar-refractivity contribution in [1.82, 2.24) is 9.55 Å². The predicted octanol–water partition coefficient (Wildman–Crippen LogP) is 5.31. The van der Waals surface area contributed by atoms with Crippen molar-refractivity contribution in [3.8, 4) is 5.69 Å². The molecule has 0 aliphatic rings. The van der Waals surface area contributed by atoms with Crippen LogP contribution in [0.4, 0.5) is 14.6 Å². The fourth-order valence-electron chi connectivity index (χ4n) is 3.03. The Hall–Kier alpha value is -3.12. The highest BCUT2D eigenvalue weighted by Gasteiger charge is 2.16. The molecule has 0 amide bonds. The third-order valence-corrected chi connectivity index (χ3v) is 4.55. The second-order valence-corrected chi connectivity index (χ2v) is 6.75. The van der Waals surface area contributed by atoms with Gasteiger partial charge in [-0.2, -0.15) is 0 Å². The summed E-state index contributed by atoms with van der Waals surface area (Å²) in [5.74, 6) is -0.698. The molecule has 1 aromatic heterocycles. The number of rotatable bonds is 6. The third-order valence-electron chi connectivity index (χ3n) is 4.30. The maximum atomic E-state index is 13.5. The molecule has 0 aliphatic carbocycles. The number of aliphatic imine (C=N–C) groups is 1. The molecule has 0 bridgehead atoms. The van der Waals surface area contributed by atoms with E-state index in [1.54, 1.807) is 43.3 Å². The molecule has 0 fully saturated rings. The molecule has 0 spiro atoms. The van der Waals surface area contributed by atoms with Crippen LogP contribution in [0.25, 0.3) is 11.8 Å². The minimum atomic E-state index is -0.653. The van der Waals surface area contributed by atoms with Crippen LogP contribution in [0.15, 0.2) is 58.3 Å². The highest BCUT2D eigenvalue weighted by atomic mass is 35.5. The molecule has 148 valence electrons. The average Bonchev–Trinajstić information content (AvgIpc) is 2.68. The fourth-order valence-corrected chi connectivity index (χ4v) is 3.16. The average molecular weight is 414 g/mol. The normalized spacial score (nSPS) is 11.2. The van der Waals surface area contributed by atoms with Crippen LogP contribution in [0, 0.1) is 11.6 Å². The number of allylic oxidation sites excluding steroid dienone is 1. The molecule has 3 rings (SSSR count). The molecule has 0 aliphatic heterocycles. The third kappa shape index (κ3) is 4.66. The van der Waals surface area contributed by atoms with E-state index in [0.29, 0.717) is 27.7 Å². The molecular weight excluding hydrogens is 396 g/mol. The van der Waals surface area contributed by atoms with Crippen molar-refractivity contribution in [1.29, 1.82) is 0 Å². The lowest BCUT2D eigenvalue weighted by Gasteiger charge is -2.15. The van der Waals surface area contributed by atoms with Gasteiger partial charge in [-0.05, 0) is 68.1 Å². The summed E-state index contributed by atoms with van der Waals surface area (Å²) in [4.78, 5) is 21.6. The van der Waals surface area contributed by atoms with Crippen molar-refractivity contribution in [2.24, 2.45) is 4.99 Å². The Morgan fingerprint density at radius 3 is 2.38 bits per heavy atom. The van der Waals surface area contributed by atoms with Gasteiger partial charge >= 0.3 is 0 Å². The van der Waals surface area contributed by atoms with Gasteiger partial charge in [-0.3, -0.25) is 9.36 Å². The number of hydrogen-bond acceptors (Lipinski definition) is 3. The first-order valence-corrected chi connectivity index (χ1v) is 9.27. The van der Waals surface area contributed by atoms with Gasteiger partial charge in [0, 0.05) is 17.5 Å². The molecule has 7 heteroatoms. The number of aromatic nitrogens is 2. The first-order chi connectivity index (χ1) is 13.9. The number of nitrogens with zero attached hydrogens (tertiary/aromatic N) is 3. The van der Waals surface area contributed by atoms with Crippen LogP contribution in [-0.2, 0) is 12.8 Å². The molecule has 0 unspecified atom stereocenters. The van der Waals surface area contributed by atoms with Crippen molar-refractivity contribution in [2.75, 3.05) is 0 Å². The first-order valence-electron chi connectivity index (χ1n) is 8.89. The van der Waals surface area contributed by atoms with Crippen LogP contribution in [0.5, 0.6) is 0 Å². The van der Waals surface area contributed by atoms with Gasteiger partial charge in [0.1, 0.15) is 17.5 Å². The van der Waals surface area contributed by atoms with Crippen LogP contribution in [0.3, 0.4) is 0 Å². The Labute approximate surface area is 171 Å². The van der Waals surface area contributed by atoms with E-state index in [2.05, 4.69) is 16.7 Å². The summed E-state index contributed by atoms with van der Waals surface area (Å²) in [6, 6.07) is 10.1. The molecular formula is C22H18ClF2N3O. The Bertz CT molecular complexity index is 1120. The summed E-state index contributed by atoms with van der Waals surface area (Å²) in [7, 11) is 0. The zero-order valence-electron chi connectivity index (χ0n) is 15.7. The van der Waals surface area contributed by atoms with E-state index in [1.165, 1.54) is 16.7 Å². The number of benzene rings is 2. The smallest absolute Gasteiger partial charge is 0.267 e. The maximum absolute atomic E-state index is 13.5. The lowest BCUT2D eigenvalue weighted by Crippen LogP contribution is -2.26. The topological polar surface area (TPSA) is 47.2 Å². The van der Waals surface area contributed by atoms with E-state index in [9.17, 15) is 13.6 Å². The quantitative estimate of drug-likeness (QED) is 0.514. The number of halogens is 3. The molecule has 3 aromatic rings. The number of hydrogen-bond donors (Lipinski definition) is 0. The monoisotopic (exact) mass is 413 g/mol. The Morgan fingerprint density at radius 1 is 1.14 bits per heavy atom. The maximum Gasteiger partial charge on any atom is 0.267 e. The van der Waals surface area contributed by atoms with E-state index in [4.69, 9.17) is 11.6 Å². The van der Waals surface area contributed by atoms with E-state index >= 15 is 0 Å². The molecule has 29 heavy (non-hydrogen) atoms. The first kappa shape index (κ1) is 20.6. The van der Waals surface area contributed by atoms with E-state index in [1.807, 2.05) is 0 Å². The van der Waals surface area contributed by atoms with Gasteiger partial charge < -0.3 is 0 Å². The summed E-state index contributed by atoms with van der Waals surface area (Å²) >= 11 is 5.97. The fraction of sp³-hybridized carbons (Fsp3) is 0.136. The molecule has 0 saturated heterocycles. The molecule has 0 atom stereocenters. The minimum absolute atomic E-state index is 0.207. The highest BCUT2D eigenvalue weighted by molar-refractivity contribution is 6.30. The van der Waals surface area contributed by atoms with Crippen molar-refractivity contribution < 1.29 is 8.78 Å². The lowest BCUT2D eigenvalue weighted by molar-refractivity contribution is 0.579. The molecule has 4 nitrogen and oxygen atoms in total. The second-order valence-electron chi connectivity index (χ2n) is 6.32. The standard InChI is InChI=1S/C22H18ClF2N3O/c1-3-4-19-21(26-2)27-20(10-5-14-11-16(24)13-17(25)12-14)28(22(19)29)18-8-6-15(23)7-9-18/h3-4,6-9,11-13H,2,5,10H2,1H3/b4-3-. The van der Waals surface area contributed by atoms with Gasteiger partial charge in [0.2, 0.25) is 0 Å². The SMILES string of the molecule is C=Nc1nc(CCc2cc(F)cc(F)c2)n(-c2ccc(Cl)cc2)c(=O)c1/C=C\C. The van der Waals surface area contributed by atoms with E-state index < -0.39 is 11.6 Å². The van der Waals surface area contributed by atoms with Crippen LogP contribution in [0.2, 0.25) is 5.02 Å². The Morgan fingerprint density at radius 2 is 1.79 bits per heavy atom. The molecule has 1 heterocycles. The summed E-state index contributed by atoms with van der Waals surface area (Å²) < 4.78 is 28.5. The molecule has 0 radical (unpaired) electrons. The zero-order valence-corrected chi connectivity index (χ0v) is 16.5. The van der Waals surface area contributed by atoms with Crippen molar-refractivity contribution in [3.63, 3.8) is 0 Å². The molecule has 2 aromatic carbocycles. The van der Waals surface area contributed by atoms with Crippen molar-refractivity contribution >= 4 is 30.2 Å². The van der Waals surface area contributed by atoms with Gasteiger partial charge in [-0.1, -0.05) is 17.7 Å². The zero-order chi connectivity index (χ0) is 21.0. The lowest BCUT2D eigenvalue weighted by atomic mass is 10.1. The highest BCUT2D eigenvalue weighted by Crippen LogP contribution is 2.20. The van der Waals surface area contributed by atoms with Crippen LogP contribution < -0.4 is 5.56 Å².